The van der Waals surface area contributed by atoms with Crippen molar-refractivity contribution < 1.29 is 36.2 Å². The van der Waals surface area contributed by atoms with Gasteiger partial charge in [-0.25, -0.2) is 0 Å². The van der Waals surface area contributed by atoms with Crippen molar-refractivity contribution in [3.63, 3.8) is 0 Å². The number of benzene rings is 2. The number of fused-ring (bicyclic) bond motifs is 3. The number of aromatic nitrogens is 1. The van der Waals surface area contributed by atoms with Crippen molar-refractivity contribution in [1.29, 1.82) is 0 Å². The van der Waals surface area contributed by atoms with E-state index in [0.717, 1.165) is 53.3 Å². The van der Waals surface area contributed by atoms with Gasteiger partial charge in [-0.3, -0.25) is 19.3 Å². The Kier molecular flexibility index (Phi) is 6.16. The molecule has 3 aromatic rings. The normalized spacial score (nSPS) is 18.4. The number of hydrogen-bond donors (Lipinski definition) is 1. The molecule has 0 fully saturated rings. The van der Waals surface area contributed by atoms with Crippen molar-refractivity contribution in [1.82, 2.24) is 9.58 Å². The standard InChI is InChI=1S/C25H19F6N3O3S/c1-13(24(26,27)28)32-12-34(33-9-8-18(35)22(36)21(33)23(32)37)20-16-5-3-2-4-14(16)11-38-19-10-15(25(29,30)31)6-7-17(19)20/h2-10,13,20,36H,11-12H2,1H3/t13-,20+/m1/s1. The monoisotopic (exact) mass is 555 g/mol. The molecule has 2 atom stereocenters. The number of rotatable bonds is 2. The van der Waals surface area contributed by atoms with Crippen LogP contribution in [0, 0.1) is 0 Å². The van der Waals surface area contributed by atoms with Gasteiger partial charge in [0.05, 0.1) is 11.6 Å². The van der Waals surface area contributed by atoms with Crippen LogP contribution in [0.4, 0.5) is 26.3 Å². The summed E-state index contributed by atoms with van der Waals surface area (Å²) in [5, 5.41) is 11.8. The van der Waals surface area contributed by atoms with Crippen LogP contribution in [-0.2, 0) is 11.9 Å². The smallest absolute Gasteiger partial charge is 0.416 e. The third kappa shape index (κ3) is 4.28. The number of hydrogen-bond acceptors (Lipinski definition) is 5. The van der Waals surface area contributed by atoms with Crippen LogP contribution in [0.1, 0.15) is 45.7 Å². The van der Waals surface area contributed by atoms with Crippen molar-refractivity contribution >= 4 is 17.7 Å². The van der Waals surface area contributed by atoms with Crippen molar-refractivity contribution in [3.8, 4) is 5.75 Å². The molecule has 1 N–H and O–H groups in total. The second-order valence-electron chi connectivity index (χ2n) is 8.94. The molecule has 0 radical (unpaired) electrons. The van der Waals surface area contributed by atoms with E-state index in [1.807, 2.05) is 0 Å². The van der Waals surface area contributed by atoms with Gasteiger partial charge in [0, 0.05) is 22.9 Å². The lowest BCUT2D eigenvalue weighted by Crippen LogP contribution is -2.60. The summed E-state index contributed by atoms with van der Waals surface area (Å²) in [5.74, 6) is -1.94. The highest BCUT2D eigenvalue weighted by molar-refractivity contribution is 7.98. The van der Waals surface area contributed by atoms with Crippen molar-refractivity contribution in [3.05, 3.63) is 92.9 Å². The van der Waals surface area contributed by atoms with E-state index in [1.54, 1.807) is 24.3 Å². The minimum Gasteiger partial charge on any atom is -0.502 e. The lowest BCUT2D eigenvalue weighted by Gasteiger charge is -2.46. The van der Waals surface area contributed by atoms with Crippen molar-refractivity contribution in [2.45, 2.75) is 42.0 Å². The first-order valence-electron chi connectivity index (χ1n) is 11.3. The summed E-state index contributed by atoms with van der Waals surface area (Å²) in [7, 11) is 0. The summed E-state index contributed by atoms with van der Waals surface area (Å²) < 4.78 is 83.0. The van der Waals surface area contributed by atoms with E-state index in [2.05, 4.69) is 0 Å². The average Bonchev–Trinajstić information content (AvgIpc) is 3.01. The van der Waals surface area contributed by atoms with Gasteiger partial charge in [0.1, 0.15) is 12.7 Å². The summed E-state index contributed by atoms with van der Waals surface area (Å²) in [6, 6.07) is 7.79. The number of amides is 1. The molecule has 2 aromatic carbocycles. The van der Waals surface area contributed by atoms with Crippen LogP contribution >= 0.6 is 11.8 Å². The number of carbonyl (C=O) groups is 1. The molecule has 1 amide bonds. The second kappa shape index (κ2) is 9.00. The maximum atomic E-state index is 13.8. The number of aromatic hydroxyl groups is 1. The maximum absolute atomic E-state index is 13.8. The molecule has 0 saturated carbocycles. The SMILES string of the molecule is C[C@@H](N1CN([C@H]2c3ccccc3CSc3cc(C(F)(F)F)ccc32)n2ccc(=O)c(O)c2C1=O)C(F)(F)F. The first-order valence-corrected chi connectivity index (χ1v) is 12.3. The van der Waals surface area contributed by atoms with E-state index < -0.39 is 59.4 Å². The quantitative estimate of drug-likeness (QED) is 0.437. The van der Waals surface area contributed by atoms with Crippen LogP contribution in [-0.4, -0.2) is 39.5 Å². The molecule has 0 unspecified atom stereocenters. The Hall–Kier alpha value is -3.61. The Morgan fingerprint density at radius 1 is 1.00 bits per heavy atom. The lowest BCUT2D eigenvalue weighted by atomic mass is 9.93. The molecule has 0 aliphatic carbocycles. The summed E-state index contributed by atoms with van der Waals surface area (Å²) in [5.41, 5.74) is -0.814. The summed E-state index contributed by atoms with van der Waals surface area (Å²) in [4.78, 5) is 26.1. The first kappa shape index (κ1) is 26.0. The molecular weight excluding hydrogens is 536 g/mol. The molecule has 200 valence electrons. The molecule has 5 rings (SSSR count). The number of thioether (sulfide) groups is 1. The molecule has 2 aliphatic heterocycles. The van der Waals surface area contributed by atoms with Crippen molar-refractivity contribution in [2.24, 2.45) is 0 Å². The Balaban J connectivity index is 1.77. The fourth-order valence-electron chi connectivity index (χ4n) is 4.67. The van der Waals surface area contributed by atoms with E-state index in [0.29, 0.717) is 21.8 Å². The fraction of sp³-hybridized carbons (Fsp3) is 0.280. The first-order chi connectivity index (χ1) is 17.8. The van der Waals surface area contributed by atoms with E-state index in [9.17, 15) is 41.0 Å². The van der Waals surface area contributed by atoms with Gasteiger partial charge in [0.2, 0.25) is 5.43 Å². The van der Waals surface area contributed by atoms with E-state index in [1.165, 1.54) is 11.1 Å². The van der Waals surface area contributed by atoms with E-state index in [4.69, 9.17) is 0 Å². The van der Waals surface area contributed by atoms with Crippen LogP contribution in [0.3, 0.4) is 0 Å². The van der Waals surface area contributed by atoms with Gasteiger partial charge in [0.15, 0.2) is 11.4 Å². The van der Waals surface area contributed by atoms with Crippen LogP contribution in [0.25, 0.3) is 0 Å². The lowest BCUT2D eigenvalue weighted by molar-refractivity contribution is -0.173. The van der Waals surface area contributed by atoms with Gasteiger partial charge >= 0.3 is 12.4 Å². The van der Waals surface area contributed by atoms with E-state index >= 15 is 0 Å². The minimum absolute atomic E-state index is 0.264. The molecule has 3 heterocycles. The number of halogens is 6. The third-order valence-corrected chi connectivity index (χ3v) is 7.82. The zero-order valence-electron chi connectivity index (χ0n) is 19.5. The topological polar surface area (TPSA) is 65.8 Å². The van der Waals surface area contributed by atoms with Gasteiger partial charge in [-0.2, -0.15) is 26.3 Å². The summed E-state index contributed by atoms with van der Waals surface area (Å²) in [6.45, 7) is 0.156. The third-order valence-electron chi connectivity index (χ3n) is 6.70. The largest absolute Gasteiger partial charge is 0.502 e. The van der Waals surface area contributed by atoms with E-state index in [-0.39, 0.29) is 4.90 Å². The van der Waals surface area contributed by atoms with Gasteiger partial charge in [-0.05, 0) is 35.7 Å². The molecule has 38 heavy (non-hydrogen) atoms. The van der Waals surface area contributed by atoms with Gasteiger partial charge < -0.3 is 10.0 Å². The summed E-state index contributed by atoms with van der Waals surface area (Å²) >= 11 is 1.15. The Bertz CT molecular complexity index is 1490. The van der Waals surface area contributed by atoms with Crippen LogP contribution < -0.4 is 10.4 Å². The number of nitrogens with zero attached hydrogens (tertiary/aromatic N) is 3. The molecule has 2 aliphatic rings. The predicted molar refractivity (Wildman–Crippen MR) is 126 cm³/mol. The van der Waals surface area contributed by atoms with Gasteiger partial charge in [0.25, 0.3) is 5.91 Å². The van der Waals surface area contributed by atoms with Crippen LogP contribution in [0.2, 0.25) is 0 Å². The Morgan fingerprint density at radius 2 is 1.71 bits per heavy atom. The molecule has 1 aromatic heterocycles. The maximum Gasteiger partial charge on any atom is 0.416 e. The number of pyridine rings is 1. The minimum atomic E-state index is -4.83. The number of alkyl halides is 6. The number of carbonyl (C=O) groups excluding carboxylic acids is 1. The molecular formula is C25H19F6N3O3S. The average molecular weight is 556 g/mol. The zero-order chi connectivity index (χ0) is 27.6. The fourth-order valence-corrected chi connectivity index (χ4v) is 5.80. The predicted octanol–water partition coefficient (Wildman–Crippen LogP) is 5.27. The highest BCUT2D eigenvalue weighted by Gasteiger charge is 2.47. The highest BCUT2D eigenvalue weighted by atomic mass is 32.2. The molecule has 0 spiro atoms. The zero-order valence-corrected chi connectivity index (χ0v) is 20.4. The molecule has 0 bridgehead atoms. The Morgan fingerprint density at radius 3 is 2.39 bits per heavy atom. The summed E-state index contributed by atoms with van der Waals surface area (Å²) in [6.07, 6.45) is -8.28. The van der Waals surface area contributed by atoms with Crippen LogP contribution in [0.15, 0.2) is 64.4 Å². The van der Waals surface area contributed by atoms with Crippen LogP contribution in [0.5, 0.6) is 5.75 Å². The molecule has 0 saturated heterocycles. The van der Waals surface area contributed by atoms with Crippen molar-refractivity contribution in [2.75, 3.05) is 11.7 Å². The second-order valence-corrected chi connectivity index (χ2v) is 9.95. The molecule has 13 heteroatoms. The van der Waals surface area contributed by atoms with Gasteiger partial charge in [-0.1, -0.05) is 30.3 Å². The Labute approximate surface area is 216 Å². The highest BCUT2D eigenvalue weighted by Crippen LogP contribution is 2.45. The molecule has 6 nitrogen and oxygen atoms in total. The van der Waals surface area contributed by atoms with Gasteiger partial charge in [-0.15, -0.1) is 11.8 Å².